The number of para-hydroxylation sites is 1. The van der Waals surface area contributed by atoms with Gasteiger partial charge in [0, 0.05) is 12.3 Å². The van der Waals surface area contributed by atoms with Crippen molar-refractivity contribution in [2.75, 3.05) is 7.11 Å². The summed E-state index contributed by atoms with van der Waals surface area (Å²) in [6.07, 6.45) is 2.76. The maximum atomic E-state index is 12.2. The summed E-state index contributed by atoms with van der Waals surface area (Å²) < 4.78 is 10.9. The van der Waals surface area contributed by atoms with Crippen molar-refractivity contribution < 1.29 is 14.3 Å². The molecule has 0 unspecified atom stereocenters. The molecule has 1 aromatic heterocycles. The number of fused-ring (bicyclic) bond motifs is 1. The first-order valence-corrected chi connectivity index (χ1v) is 7.27. The second kappa shape index (κ2) is 6.47. The summed E-state index contributed by atoms with van der Waals surface area (Å²) in [5.74, 6) is 1.41. The second-order valence-corrected chi connectivity index (χ2v) is 5.16. The lowest BCUT2D eigenvalue weighted by atomic mass is 10.0. The number of pyridine rings is 1. The molecule has 0 fully saturated rings. The summed E-state index contributed by atoms with van der Waals surface area (Å²) in [5, 5.41) is 2.87. The lowest BCUT2D eigenvalue weighted by Gasteiger charge is -2.25. The van der Waals surface area contributed by atoms with Crippen LogP contribution in [-0.4, -0.2) is 24.1 Å². The molecule has 1 aromatic carbocycles. The molecule has 5 nitrogen and oxygen atoms in total. The molecule has 2 aromatic rings. The van der Waals surface area contributed by atoms with E-state index in [4.69, 9.17) is 9.47 Å². The van der Waals surface area contributed by atoms with Crippen LogP contribution in [0.25, 0.3) is 0 Å². The van der Waals surface area contributed by atoms with Crippen LogP contribution in [0.4, 0.5) is 0 Å². The van der Waals surface area contributed by atoms with Crippen LogP contribution in [0.5, 0.6) is 11.5 Å². The first-order chi connectivity index (χ1) is 10.8. The zero-order chi connectivity index (χ0) is 15.4. The first-order valence-electron chi connectivity index (χ1n) is 7.27. The quantitative estimate of drug-likeness (QED) is 0.939. The minimum Gasteiger partial charge on any atom is -0.497 e. The highest BCUT2D eigenvalue weighted by Gasteiger charge is 2.25. The van der Waals surface area contributed by atoms with E-state index in [0.29, 0.717) is 13.0 Å². The number of rotatable bonds is 4. The molecule has 5 heteroatoms. The summed E-state index contributed by atoms with van der Waals surface area (Å²) >= 11 is 0. The van der Waals surface area contributed by atoms with Crippen molar-refractivity contribution >= 4 is 5.91 Å². The number of methoxy groups -OCH3 is 1. The molecule has 114 valence electrons. The van der Waals surface area contributed by atoms with E-state index in [2.05, 4.69) is 10.3 Å². The van der Waals surface area contributed by atoms with Crippen LogP contribution >= 0.6 is 0 Å². The van der Waals surface area contributed by atoms with E-state index in [1.807, 2.05) is 24.3 Å². The van der Waals surface area contributed by atoms with Gasteiger partial charge in [0.2, 0.25) is 0 Å². The number of nitrogens with one attached hydrogen (secondary N) is 1. The van der Waals surface area contributed by atoms with Crippen LogP contribution in [-0.2, 0) is 17.8 Å². The highest BCUT2D eigenvalue weighted by molar-refractivity contribution is 5.81. The van der Waals surface area contributed by atoms with Crippen LogP contribution < -0.4 is 14.8 Å². The third-order valence-electron chi connectivity index (χ3n) is 3.68. The molecule has 1 N–H and O–H groups in total. The molecule has 22 heavy (non-hydrogen) atoms. The Labute approximate surface area is 129 Å². The molecule has 0 aliphatic carbocycles. The topological polar surface area (TPSA) is 60.5 Å². The fraction of sp³-hybridized carbons (Fsp3) is 0.294. The highest BCUT2D eigenvalue weighted by atomic mass is 16.5. The Morgan fingerprint density at radius 1 is 1.41 bits per heavy atom. The van der Waals surface area contributed by atoms with E-state index in [-0.39, 0.29) is 5.91 Å². The lowest BCUT2D eigenvalue weighted by molar-refractivity contribution is -0.128. The Morgan fingerprint density at radius 2 is 2.27 bits per heavy atom. The summed E-state index contributed by atoms with van der Waals surface area (Å²) in [4.78, 5) is 16.4. The van der Waals surface area contributed by atoms with E-state index in [0.717, 1.165) is 29.2 Å². The van der Waals surface area contributed by atoms with Gasteiger partial charge >= 0.3 is 0 Å². The Hall–Kier alpha value is -2.56. The number of hydrogen-bond acceptors (Lipinski definition) is 4. The van der Waals surface area contributed by atoms with Crippen molar-refractivity contribution in [3.05, 3.63) is 53.9 Å². The molecular weight excluding hydrogens is 280 g/mol. The molecule has 1 aliphatic rings. The molecular formula is C17H18N2O3. The average Bonchev–Trinajstić information content (AvgIpc) is 2.59. The van der Waals surface area contributed by atoms with Gasteiger partial charge in [-0.1, -0.05) is 18.2 Å². The summed E-state index contributed by atoms with van der Waals surface area (Å²) in [5.41, 5.74) is 1.91. The summed E-state index contributed by atoms with van der Waals surface area (Å²) in [6.45, 7) is 0.359. The number of amides is 1. The number of aryl methyl sites for hydroxylation is 1. The lowest BCUT2D eigenvalue weighted by Crippen LogP contribution is -2.40. The van der Waals surface area contributed by atoms with Gasteiger partial charge in [-0.25, -0.2) is 0 Å². The molecule has 1 atom stereocenters. The first kappa shape index (κ1) is 14.4. The predicted molar refractivity (Wildman–Crippen MR) is 81.8 cm³/mol. The number of ether oxygens (including phenoxy) is 2. The van der Waals surface area contributed by atoms with Crippen LogP contribution in [0.1, 0.15) is 17.7 Å². The predicted octanol–water partition coefficient (Wildman–Crippen LogP) is 2.10. The van der Waals surface area contributed by atoms with Gasteiger partial charge < -0.3 is 14.8 Å². The molecule has 0 saturated heterocycles. The minimum absolute atomic E-state index is 0.112. The molecule has 0 radical (unpaired) electrons. The van der Waals surface area contributed by atoms with Crippen LogP contribution in [0.2, 0.25) is 0 Å². The van der Waals surface area contributed by atoms with Gasteiger partial charge in [-0.2, -0.15) is 0 Å². The Balaban J connectivity index is 1.59. The van der Waals surface area contributed by atoms with E-state index in [1.54, 1.807) is 25.4 Å². The van der Waals surface area contributed by atoms with Gasteiger partial charge in [0.1, 0.15) is 11.5 Å². The van der Waals surface area contributed by atoms with Crippen molar-refractivity contribution in [2.45, 2.75) is 25.5 Å². The zero-order valence-electron chi connectivity index (χ0n) is 12.4. The number of carbonyl (C=O) groups is 1. The Bertz CT molecular complexity index is 672. The maximum Gasteiger partial charge on any atom is 0.261 e. The summed E-state index contributed by atoms with van der Waals surface area (Å²) in [7, 11) is 1.60. The standard InChI is InChI=1S/C17H18N2O3/c1-21-14-8-9-18-13(10-14)11-19-17(20)16-7-6-12-4-2-3-5-15(12)22-16/h2-5,8-10,16H,6-7,11H2,1H3,(H,19,20)/t16-/m1/s1. The van der Waals surface area contributed by atoms with Gasteiger partial charge in [0.05, 0.1) is 19.3 Å². The number of nitrogens with zero attached hydrogens (tertiary/aromatic N) is 1. The third kappa shape index (κ3) is 3.19. The van der Waals surface area contributed by atoms with Gasteiger partial charge in [0.25, 0.3) is 5.91 Å². The minimum atomic E-state index is -0.444. The van der Waals surface area contributed by atoms with E-state index < -0.39 is 6.10 Å². The third-order valence-corrected chi connectivity index (χ3v) is 3.68. The fourth-order valence-corrected chi connectivity index (χ4v) is 2.48. The highest BCUT2D eigenvalue weighted by Crippen LogP contribution is 2.27. The van der Waals surface area contributed by atoms with Crippen molar-refractivity contribution in [3.63, 3.8) is 0 Å². The van der Waals surface area contributed by atoms with Crippen LogP contribution in [0.15, 0.2) is 42.6 Å². The van der Waals surface area contributed by atoms with Crippen molar-refractivity contribution in [2.24, 2.45) is 0 Å². The van der Waals surface area contributed by atoms with Crippen molar-refractivity contribution in [1.29, 1.82) is 0 Å². The largest absolute Gasteiger partial charge is 0.497 e. The number of aromatic nitrogens is 1. The molecule has 2 heterocycles. The van der Waals surface area contributed by atoms with E-state index in [1.165, 1.54) is 0 Å². The molecule has 3 rings (SSSR count). The second-order valence-electron chi connectivity index (χ2n) is 5.16. The number of carbonyl (C=O) groups excluding carboxylic acids is 1. The molecule has 0 spiro atoms. The number of hydrogen-bond donors (Lipinski definition) is 1. The maximum absolute atomic E-state index is 12.2. The van der Waals surface area contributed by atoms with Gasteiger partial charge in [-0.3, -0.25) is 9.78 Å². The zero-order valence-corrected chi connectivity index (χ0v) is 12.4. The molecule has 1 amide bonds. The smallest absolute Gasteiger partial charge is 0.261 e. The van der Waals surface area contributed by atoms with Gasteiger partial charge in [-0.05, 0) is 30.5 Å². The van der Waals surface area contributed by atoms with Crippen LogP contribution in [0, 0.1) is 0 Å². The Kier molecular flexibility index (Phi) is 4.23. The monoisotopic (exact) mass is 298 g/mol. The molecule has 0 bridgehead atoms. The van der Waals surface area contributed by atoms with Crippen molar-refractivity contribution in [1.82, 2.24) is 10.3 Å². The van der Waals surface area contributed by atoms with E-state index >= 15 is 0 Å². The Morgan fingerprint density at radius 3 is 3.14 bits per heavy atom. The van der Waals surface area contributed by atoms with Gasteiger partial charge in [0.15, 0.2) is 6.10 Å². The normalized spacial score (nSPS) is 16.3. The van der Waals surface area contributed by atoms with Crippen molar-refractivity contribution in [3.8, 4) is 11.5 Å². The molecule has 0 saturated carbocycles. The van der Waals surface area contributed by atoms with Gasteiger partial charge in [-0.15, -0.1) is 0 Å². The fourth-order valence-electron chi connectivity index (χ4n) is 2.48. The van der Waals surface area contributed by atoms with E-state index in [9.17, 15) is 4.79 Å². The SMILES string of the molecule is COc1ccnc(CNC(=O)[C@H]2CCc3ccccc3O2)c1. The summed E-state index contributed by atoms with van der Waals surface area (Å²) in [6, 6.07) is 11.4. The van der Waals surface area contributed by atoms with Crippen LogP contribution in [0.3, 0.4) is 0 Å². The molecule has 1 aliphatic heterocycles. The number of benzene rings is 1. The average molecular weight is 298 g/mol.